The molecule has 0 unspecified atom stereocenters. The van der Waals surface area contributed by atoms with Crippen molar-refractivity contribution in [2.45, 2.75) is 79.6 Å². The highest BCUT2D eigenvalue weighted by Gasteiger charge is 2.48. The van der Waals surface area contributed by atoms with E-state index in [0.717, 1.165) is 11.8 Å². The third kappa shape index (κ3) is 2.85. The van der Waals surface area contributed by atoms with Gasteiger partial charge >= 0.3 is 0 Å². The van der Waals surface area contributed by atoms with E-state index in [9.17, 15) is 0 Å². The zero-order chi connectivity index (χ0) is 16.2. The molecule has 1 heterocycles. The highest BCUT2D eigenvalue weighted by Crippen LogP contribution is 2.58. The smallest absolute Gasteiger partial charge is 0.0225 e. The van der Waals surface area contributed by atoms with E-state index < -0.39 is 0 Å². The van der Waals surface area contributed by atoms with Crippen LogP contribution in [0.4, 0.5) is 0 Å². The van der Waals surface area contributed by atoms with Crippen molar-refractivity contribution in [3.05, 3.63) is 12.3 Å². The molecule has 0 aromatic rings. The number of hydrogen-bond donors (Lipinski definition) is 0. The largest absolute Gasteiger partial charge is 0.374 e. The summed E-state index contributed by atoms with van der Waals surface area (Å²) in [5, 5.41) is 0. The molecule has 1 nitrogen and oxygen atoms in total. The van der Waals surface area contributed by atoms with Crippen LogP contribution < -0.4 is 0 Å². The maximum absolute atomic E-state index is 4.32. The summed E-state index contributed by atoms with van der Waals surface area (Å²) < 4.78 is 0. The summed E-state index contributed by atoms with van der Waals surface area (Å²) in [4.78, 5) is 2.56. The van der Waals surface area contributed by atoms with Crippen molar-refractivity contribution in [3.8, 4) is 0 Å². The molecule has 0 aromatic heterocycles. The Bertz CT molecular complexity index is 425. The Hall–Kier alpha value is -0.460. The van der Waals surface area contributed by atoms with E-state index in [1.807, 2.05) is 0 Å². The fraction of sp³-hybridized carbons (Fsp3) is 0.905. The van der Waals surface area contributed by atoms with Gasteiger partial charge in [-0.2, -0.15) is 0 Å². The van der Waals surface area contributed by atoms with Crippen molar-refractivity contribution in [1.82, 2.24) is 4.90 Å². The van der Waals surface area contributed by atoms with Crippen LogP contribution in [0, 0.1) is 28.1 Å². The SMILES string of the molecule is C=C(C1CC1)N1CC(C(C)(C)CCC2(C(C)(C)C)CCC2)C1. The molecule has 0 bridgehead atoms. The van der Waals surface area contributed by atoms with Gasteiger partial charge in [-0.1, -0.05) is 47.6 Å². The van der Waals surface area contributed by atoms with Gasteiger partial charge in [0.1, 0.15) is 0 Å². The van der Waals surface area contributed by atoms with E-state index in [0.29, 0.717) is 16.2 Å². The molecule has 2 aliphatic carbocycles. The quantitative estimate of drug-likeness (QED) is 0.593. The number of rotatable bonds is 6. The zero-order valence-corrected chi connectivity index (χ0v) is 15.7. The minimum Gasteiger partial charge on any atom is -0.374 e. The third-order valence-electron chi connectivity index (χ3n) is 7.59. The molecule has 2 saturated carbocycles. The molecule has 0 aromatic carbocycles. The molecule has 1 aliphatic heterocycles. The highest BCUT2D eigenvalue weighted by atomic mass is 15.2. The summed E-state index contributed by atoms with van der Waals surface area (Å²) in [5.74, 6) is 1.71. The highest BCUT2D eigenvalue weighted by molar-refractivity contribution is 5.11. The van der Waals surface area contributed by atoms with Gasteiger partial charge in [0.25, 0.3) is 0 Å². The maximum Gasteiger partial charge on any atom is 0.0225 e. The Morgan fingerprint density at radius 1 is 1.09 bits per heavy atom. The van der Waals surface area contributed by atoms with E-state index in [1.165, 1.54) is 63.7 Å². The summed E-state index contributed by atoms with van der Waals surface area (Å²) in [6.07, 6.45) is 9.98. The summed E-state index contributed by atoms with van der Waals surface area (Å²) in [5.41, 5.74) is 3.05. The Morgan fingerprint density at radius 3 is 2.09 bits per heavy atom. The van der Waals surface area contributed by atoms with E-state index in [4.69, 9.17) is 0 Å². The van der Waals surface area contributed by atoms with Crippen LogP contribution in [0.1, 0.15) is 79.6 Å². The summed E-state index contributed by atoms with van der Waals surface area (Å²) in [6.45, 7) is 19.3. The standard InChI is InChI=1S/C21H37N/c1-16(17-8-9-17)22-14-18(15-22)20(5,6)12-13-21(10-7-11-21)19(2,3)4/h17-18H,1,7-15H2,2-6H3. The first-order valence-corrected chi connectivity index (χ1v) is 9.58. The Labute approximate surface area is 138 Å². The van der Waals surface area contributed by atoms with Crippen LogP contribution in [-0.2, 0) is 0 Å². The van der Waals surface area contributed by atoms with Crippen LogP contribution >= 0.6 is 0 Å². The molecular formula is C21H37N. The van der Waals surface area contributed by atoms with Gasteiger partial charge in [-0.25, -0.2) is 0 Å². The second kappa shape index (κ2) is 5.28. The van der Waals surface area contributed by atoms with E-state index in [1.54, 1.807) is 0 Å². The van der Waals surface area contributed by atoms with Crippen molar-refractivity contribution in [1.29, 1.82) is 0 Å². The van der Waals surface area contributed by atoms with Crippen LogP contribution in [0.2, 0.25) is 0 Å². The molecule has 0 amide bonds. The van der Waals surface area contributed by atoms with Gasteiger partial charge < -0.3 is 4.90 Å². The minimum absolute atomic E-state index is 0.479. The van der Waals surface area contributed by atoms with Gasteiger partial charge in [-0.3, -0.25) is 0 Å². The molecule has 3 fully saturated rings. The normalized spacial score (nSPS) is 25.6. The van der Waals surface area contributed by atoms with E-state index in [2.05, 4.69) is 46.1 Å². The van der Waals surface area contributed by atoms with Crippen molar-refractivity contribution in [3.63, 3.8) is 0 Å². The average molecular weight is 304 g/mol. The molecule has 0 atom stereocenters. The topological polar surface area (TPSA) is 3.24 Å². The number of likely N-dealkylation sites (tertiary alicyclic amines) is 1. The predicted octanol–water partition coefficient (Wildman–Crippen LogP) is 5.86. The summed E-state index contributed by atoms with van der Waals surface area (Å²) in [6, 6.07) is 0. The molecular weight excluding hydrogens is 266 g/mol. The van der Waals surface area contributed by atoms with Crippen LogP contribution in [0.25, 0.3) is 0 Å². The van der Waals surface area contributed by atoms with Crippen molar-refractivity contribution in [2.75, 3.05) is 13.1 Å². The maximum atomic E-state index is 4.32. The first-order valence-electron chi connectivity index (χ1n) is 9.58. The van der Waals surface area contributed by atoms with Gasteiger partial charge in [0.15, 0.2) is 0 Å². The molecule has 0 spiro atoms. The Morgan fingerprint density at radius 2 is 1.68 bits per heavy atom. The molecule has 1 heteroatoms. The third-order valence-corrected chi connectivity index (χ3v) is 7.59. The first kappa shape index (κ1) is 16.4. The number of nitrogens with zero attached hydrogens (tertiary/aromatic N) is 1. The van der Waals surface area contributed by atoms with Crippen LogP contribution in [0.3, 0.4) is 0 Å². The van der Waals surface area contributed by atoms with Crippen LogP contribution in [0.15, 0.2) is 12.3 Å². The molecule has 3 aliphatic rings. The van der Waals surface area contributed by atoms with Gasteiger partial charge in [-0.05, 0) is 66.6 Å². The van der Waals surface area contributed by atoms with Crippen molar-refractivity contribution in [2.24, 2.45) is 28.1 Å². The van der Waals surface area contributed by atoms with Gasteiger partial charge in [0.2, 0.25) is 0 Å². The first-order chi connectivity index (χ1) is 10.1. The molecule has 3 rings (SSSR count). The average Bonchev–Trinajstić information content (AvgIpc) is 3.05. The van der Waals surface area contributed by atoms with Gasteiger partial charge in [0, 0.05) is 18.8 Å². The van der Waals surface area contributed by atoms with Gasteiger partial charge in [-0.15, -0.1) is 0 Å². The van der Waals surface area contributed by atoms with Crippen molar-refractivity contribution >= 4 is 0 Å². The fourth-order valence-corrected chi connectivity index (χ4v) is 4.63. The molecule has 22 heavy (non-hydrogen) atoms. The Kier molecular flexibility index (Phi) is 3.94. The molecule has 0 N–H and O–H groups in total. The lowest BCUT2D eigenvalue weighted by Crippen LogP contribution is -2.53. The number of allylic oxidation sites excluding steroid dienone is 1. The zero-order valence-electron chi connectivity index (χ0n) is 15.7. The van der Waals surface area contributed by atoms with Gasteiger partial charge in [0.05, 0.1) is 0 Å². The molecule has 126 valence electrons. The second-order valence-electron chi connectivity index (χ2n) is 10.2. The number of hydrogen-bond acceptors (Lipinski definition) is 1. The van der Waals surface area contributed by atoms with E-state index >= 15 is 0 Å². The van der Waals surface area contributed by atoms with Crippen molar-refractivity contribution < 1.29 is 0 Å². The minimum atomic E-state index is 0.479. The fourth-order valence-electron chi connectivity index (χ4n) is 4.63. The van der Waals surface area contributed by atoms with E-state index in [-0.39, 0.29) is 0 Å². The lowest BCUT2D eigenvalue weighted by atomic mass is 9.52. The summed E-state index contributed by atoms with van der Waals surface area (Å²) in [7, 11) is 0. The molecule has 1 saturated heterocycles. The lowest BCUT2D eigenvalue weighted by Gasteiger charge is -2.55. The Balaban J connectivity index is 1.50. The molecule has 0 radical (unpaired) electrons. The predicted molar refractivity (Wildman–Crippen MR) is 95.7 cm³/mol. The van der Waals surface area contributed by atoms with Crippen LogP contribution in [0.5, 0.6) is 0 Å². The summed E-state index contributed by atoms with van der Waals surface area (Å²) >= 11 is 0. The lowest BCUT2D eigenvalue weighted by molar-refractivity contribution is -0.0393. The second-order valence-corrected chi connectivity index (χ2v) is 10.2. The monoisotopic (exact) mass is 303 g/mol. The van der Waals surface area contributed by atoms with Crippen LogP contribution in [-0.4, -0.2) is 18.0 Å².